The Morgan fingerprint density at radius 1 is 1.17 bits per heavy atom. The molecule has 2 N–H and O–H groups in total. The third-order valence-corrected chi connectivity index (χ3v) is 9.24. The first-order chi connectivity index (χ1) is 20.5. The molecule has 1 aliphatic carbocycles. The van der Waals surface area contributed by atoms with Crippen molar-refractivity contribution >= 4 is 56.1 Å². The third-order valence-electron chi connectivity index (χ3n) is 8.27. The van der Waals surface area contributed by atoms with E-state index in [0.29, 0.717) is 71.3 Å². The predicted molar refractivity (Wildman–Crippen MR) is 163 cm³/mol. The number of thiophene rings is 1. The van der Waals surface area contributed by atoms with E-state index >= 15 is 0 Å². The van der Waals surface area contributed by atoms with Crippen molar-refractivity contribution in [3.8, 4) is 11.1 Å². The van der Waals surface area contributed by atoms with Crippen molar-refractivity contribution in [1.82, 2.24) is 14.5 Å². The maximum Gasteiger partial charge on any atom is 0.337 e. The van der Waals surface area contributed by atoms with Crippen molar-refractivity contribution in [2.24, 2.45) is 0 Å². The van der Waals surface area contributed by atoms with Crippen LogP contribution in [0.25, 0.3) is 32.4 Å². The molecule has 1 aromatic carbocycles. The van der Waals surface area contributed by atoms with E-state index in [1.165, 1.54) is 35.9 Å². The number of benzene rings is 1. The molecule has 5 heterocycles. The van der Waals surface area contributed by atoms with Crippen LogP contribution in [-0.2, 0) is 11.2 Å². The van der Waals surface area contributed by atoms with E-state index < -0.39 is 5.97 Å². The van der Waals surface area contributed by atoms with Gasteiger partial charge in [-0.15, -0.1) is 11.3 Å². The number of anilines is 3. The number of aryl methyl sites for hydroxylation is 1. The summed E-state index contributed by atoms with van der Waals surface area (Å²) in [5.74, 6) is -0.244. The molecule has 0 atom stereocenters. The highest BCUT2D eigenvalue weighted by Crippen LogP contribution is 2.37. The maximum atomic E-state index is 12.9. The van der Waals surface area contributed by atoms with Crippen LogP contribution >= 0.6 is 11.3 Å². The molecule has 5 aromatic rings. The van der Waals surface area contributed by atoms with Crippen molar-refractivity contribution < 1.29 is 19.1 Å². The lowest BCUT2D eigenvalue weighted by molar-refractivity contribution is 0.0698. The van der Waals surface area contributed by atoms with Crippen LogP contribution in [0.1, 0.15) is 54.7 Å². The van der Waals surface area contributed by atoms with Crippen molar-refractivity contribution in [3.63, 3.8) is 0 Å². The van der Waals surface area contributed by atoms with Gasteiger partial charge in [0.15, 0.2) is 11.5 Å². The van der Waals surface area contributed by atoms with Crippen LogP contribution in [-0.4, -0.2) is 51.9 Å². The van der Waals surface area contributed by atoms with Gasteiger partial charge in [0.05, 0.1) is 24.5 Å². The Balaban J connectivity index is 1.25. The summed E-state index contributed by atoms with van der Waals surface area (Å²) in [6, 6.07) is 9.25. The Bertz CT molecular complexity index is 1860. The van der Waals surface area contributed by atoms with Gasteiger partial charge in [-0.25, -0.2) is 9.78 Å². The highest BCUT2D eigenvalue weighted by Gasteiger charge is 2.23. The van der Waals surface area contributed by atoms with Gasteiger partial charge in [-0.3, -0.25) is 4.79 Å². The molecule has 0 bridgehead atoms. The molecule has 2 fully saturated rings. The number of rotatable bonds is 7. The molecule has 0 unspecified atom stereocenters. The Morgan fingerprint density at radius 2 is 1.98 bits per heavy atom. The first-order valence-electron chi connectivity index (χ1n) is 14.4. The fourth-order valence-electron chi connectivity index (χ4n) is 6.15. The zero-order valence-electron chi connectivity index (χ0n) is 23.3. The minimum absolute atomic E-state index is 0.0719. The van der Waals surface area contributed by atoms with Crippen molar-refractivity contribution in [1.29, 1.82) is 0 Å². The Kier molecular flexibility index (Phi) is 6.91. The van der Waals surface area contributed by atoms with E-state index in [1.807, 2.05) is 16.3 Å². The van der Waals surface area contributed by atoms with E-state index in [0.717, 1.165) is 30.3 Å². The van der Waals surface area contributed by atoms with E-state index in [2.05, 4.69) is 27.9 Å². The molecule has 1 saturated heterocycles. The number of nitrogens with one attached hydrogen (secondary N) is 1. The van der Waals surface area contributed by atoms with Gasteiger partial charge in [0, 0.05) is 53.4 Å². The SMILES string of the molecule is CCc1cc2cnc(Nc3ccc(-c4csc5c(=O)cc(N6CCOCC6)oc45)cc3C(=O)O)nc2n1C1CCCC1. The molecule has 1 aliphatic heterocycles. The lowest BCUT2D eigenvalue weighted by Gasteiger charge is -2.27. The average molecular weight is 586 g/mol. The van der Waals surface area contributed by atoms with Gasteiger partial charge in [-0.2, -0.15) is 4.98 Å². The number of hydrogen-bond acceptors (Lipinski definition) is 9. The molecule has 11 heteroatoms. The first kappa shape index (κ1) is 26.7. The molecular weight excluding hydrogens is 554 g/mol. The summed E-state index contributed by atoms with van der Waals surface area (Å²) < 4.78 is 14.5. The first-order valence-corrected chi connectivity index (χ1v) is 15.3. The van der Waals surface area contributed by atoms with Gasteiger partial charge < -0.3 is 29.0 Å². The second-order valence-electron chi connectivity index (χ2n) is 10.8. The fourth-order valence-corrected chi connectivity index (χ4v) is 7.06. The van der Waals surface area contributed by atoms with Gasteiger partial charge in [0.2, 0.25) is 11.4 Å². The number of fused-ring (bicyclic) bond motifs is 2. The highest BCUT2D eigenvalue weighted by molar-refractivity contribution is 7.17. The van der Waals surface area contributed by atoms with Crippen LogP contribution in [0.5, 0.6) is 0 Å². The van der Waals surface area contributed by atoms with Crippen molar-refractivity contribution in [2.45, 2.75) is 45.1 Å². The van der Waals surface area contributed by atoms with Gasteiger partial charge in [-0.05, 0) is 43.0 Å². The van der Waals surface area contributed by atoms with Crippen molar-refractivity contribution in [3.05, 3.63) is 63.4 Å². The molecule has 2 aliphatic rings. The lowest BCUT2D eigenvalue weighted by atomic mass is 10.0. The third kappa shape index (κ3) is 4.72. The number of aromatic carboxylic acids is 1. The van der Waals surface area contributed by atoms with E-state index in [9.17, 15) is 14.7 Å². The smallest absolute Gasteiger partial charge is 0.337 e. The minimum Gasteiger partial charge on any atom is -0.478 e. The second kappa shape index (κ2) is 10.9. The summed E-state index contributed by atoms with van der Waals surface area (Å²) in [4.78, 5) is 36.7. The molecular formula is C31H31N5O5S. The average Bonchev–Trinajstić information content (AvgIpc) is 3.76. The molecule has 10 nitrogen and oxygen atoms in total. The number of carbonyl (C=O) groups is 1. The van der Waals surface area contributed by atoms with E-state index in [1.54, 1.807) is 18.3 Å². The van der Waals surface area contributed by atoms with Crippen LogP contribution in [0.15, 0.2) is 51.1 Å². The van der Waals surface area contributed by atoms with Crippen LogP contribution in [0.3, 0.4) is 0 Å². The van der Waals surface area contributed by atoms with Crippen LogP contribution in [0, 0.1) is 0 Å². The molecule has 0 amide bonds. The predicted octanol–water partition coefficient (Wildman–Crippen LogP) is 6.22. The molecule has 216 valence electrons. The quantitative estimate of drug-likeness (QED) is 0.229. The molecule has 42 heavy (non-hydrogen) atoms. The molecule has 0 spiro atoms. The fraction of sp³-hybridized carbons (Fsp3) is 0.355. The number of carboxylic acids is 1. The number of carboxylic acid groups (broad SMARTS) is 1. The zero-order valence-corrected chi connectivity index (χ0v) is 24.1. The number of aromatic nitrogens is 3. The monoisotopic (exact) mass is 585 g/mol. The molecule has 1 saturated carbocycles. The number of ether oxygens (including phenoxy) is 1. The Morgan fingerprint density at radius 3 is 2.74 bits per heavy atom. The lowest BCUT2D eigenvalue weighted by Crippen LogP contribution is -2.36. The summed E-state index contributed by atoms with van der Waals surface area (Å²) in [7, 11) is 0. The Labute approximate surface area is 245 Å². The number of morpholine rings is 1. The summed E-state index contributed by atoms with van der Waals surface area (Å²) in [5, 5.41) is 16.1. The second-order valence-corrected chi connectivity index (χ2v) is 11.7. The summed E-state index contributed by atoms with van der Waals surface area (Å²) in [6.45, 7) is 4.56. The van der Waals surface area contributed by atoms with E-state index in [4.69, 9.17) is 14.1 Å². The maximum absolute atomic E-state index is 12.9. The zero-order chi connectivity index (χ0) is 28.8. The summed E-state index contributed by atoms with van der Waals surface area (Å²) in [5.41, 5.74) is 4.23. The molecule has 0 radical (unpaired) electrons. The van der Waals surface area contributed by atoms with Gasteiger partial charge in [-0.1, -0.05) is 25.8 Å². The summed E-state index contributed by atoms with van der Waals surface area (Å²) in [6.07, 6.45) is 7.42. The topological polar surface area (TPSA) is 123 Å². The van der Waals surface area contributed by atoms with Crippen molar-refractivity contribution in [2.75, 3.05) is 36.5 Å². The normalized spacial score (nSPS) is 16.1. The van der Waals surface area contributed by atoms with Crippen LogP contribution in [0.2, 0.25) is 0 Å². The minimum atomic E-state index is -1.09. The Hall–Kier alpha value is -4.22. The largest absolute Gasteiger partial charge is 0.478 e. The molecule has 7 rings (SSSR count). The van der Waals surface area contributed by atoms with Crippen LogP contribution in [0.4, 0.5) is 17.5 Å². The number of nitrogens with zero attached hydrogens (tertiary/aromatic N) is 4. The molecule has 4 aromatic heterocycles. The number of hydrogen-bond donors (Lipinski definition) is 2. The highest BCUT2D eigenvalue weighted by atomic mass is 32.1. The van der Waals surface area contributed by atoms with Gasteiger partial charge in [0.25, 0.3) is 0 Å². The summed E-state index contributed by atoms with van der Waals surface area (Å²) >= 11 is 1.29. The van der Waals surface area contributed by atoms with E-state index in [-0.39, 0.29) is 11.0 Å². The van der Waals surface area contributed by atoms with Gasteiger partial charge >= 0.3 is 5.97 Å². The standard InChI is InChI=1S/C31H31N5O5S/c1-2-20-13-19-16-32-31(34-29(19)36(20)21-5-3-4-6-21)33-24-8-7-18(14-22(24)30(38)39)23-17-42-28-25(37)15-26(41-27(23)28)35-9-11-40-12-10-35/h7-8,13-17,21H,2-6,9-12H2,1H3,(H,38,39)(H,32,33,34). The van der Waals surface area contributed by atoms with Crippen LogP contribution < -0.4 is 15.6 Å². The van der Waals surface area contributed by atoms with Gasteiger partial charge in [0.1, 0.15) is 10.3 Å².